The maximum atomic E-state index is 14.4. The lowest BCUT2D eigenvalue weighted by Crippen LogP contribution is -2.49. The summed E-state index contributed by atoms with van der Waals surface area (Å²) in [6.07, 6.45) is 0. The molecule has 1 fully saturated rings. The van der Waals surface area contributed by atoms with Crippen LogP contribution in [0.25, 0.3) is 0 Å². The smallest absolute Gasteiger partial charge is 0.254 e. The van der Waals surface area contributed by atoms with Crippen LogP contribution in [0.1, 0.15) is 27.6 Å². The lowest BCUT2D eigenvalue weighted by Gasteiger charge is -2.36. The van der Waals surface area contributed by atoms with Gasteiger partial charge in [0.1, 0.15) is 17.3 Å². The molecule has 0 spiro atoms. The second kappa shape index (κ2) is 8.29. The Morgan fingerprint density at radius 1 is 0.893 bits per heavy atom. The second-order valence-corrected chi connectivity index (χ2v) is 6.60. The van der Waals surface area contributed by atoms with Gasteiger partial charge in [0.15, 0.2) is 5.78 Å². The number of halogens is 1. The monoisotopic (exact) mass is 386 g/mol. The van der Waals surface area contributed by atoms with Crippen molar-refractivity contribution in [3.05, 3.63) is 53.3 Å². The first-order valence-electron chi connectivity index (χ1n) is 9.00. The van der Waals surface area contributed by atoms with Gasteiger partial charge >= 0.3 is 0 Å². The maximum absolute atomic E-state index is 14.4. The predicted molar refractivity (Wildman–Crippen MR) is 104 cm³/mol. The van der Waals surface area contributed by atoms with E-state index < -0.39 is 5.82 Å². The van der Waals surface area contributed by atoms with Gasteiger partial charge in [0.25, 0.3) is 5.91 Å². The molecule has 1 aliphatic rings. The Labute approximate surface area is 163 Å². The number of carbonyl (C=O) groups excluding carboxylic acids is 2. The fourth-order valence-electron chi connectivity index (χ4n) is 3.25. The third-order valence-electron chi connectivity index (χ3n) is 4.86. The highest BCUT2D eigenvalue weighted by Gasteiger charge is 2.24. The van der Waals surface area contributed by atoms with E-state index in [1.807, 2.05) is 4.90 Å². The first-order chi connectivity index (χ1) is 13.4. The minimum absolute atomic E-state index is 0.121. The molecule has 1 saturated heterocycles. The zero-order valence-corrected chi connectivity index (χ0v) is 16.2. The van der Waals surface area contributed by atoms with Crippen molar-refractivity contribution in [2.75, 3.05) is 45.3 Å². The summed E-state index contributed by atoms with van der Waals surface area (Å²) in [6, 6.07) is 9.58. The predicted octanol–water partition coefficient (Wildman–Crippen LogP) is 3.01. The lowest BCUT2D eigenvalue weighted by atomic mass is 10.1. The number of Topliss-reactive ketones (excluding diaryl/α,β-unsaturated/α-hetero) is 1. The van der Waals surface area contributed by atoms with E-state index in [0.29, 0.717) is 54.5 Å². The normalized spacial score (nSPS) is 14.0. The highest BCUT2D eigenvalue weighted by Crippen LogP contribution is 2.25. The van der Waals surface area contributed by atoms with Crippen molar-refractivity contribution in [2.45, 2.75) is 6.92 Å². The first kappa shape index (κ1) is 19.7. The van der Waals surface area contributed by atoms with E-state index in [-0.39, 0.29) is 11.7 Å². The van der Waals surface area contributed by atoms with Crippen molar-refractivity contribution >= 4 is 17.4 Å². The number of hydrogen-bond acceptors (Lipinski definition) is 5. The fraction of sp³-hybridized carbons (Fsp3) is 0.333. The van der Waals surface area contributed by atoms with E-state index in [9.17, 15) is 14.0 Å². The molecule has 0 radical (unpaired) electrons. The van der Waals surface area contributed by atoms with E-state index in [1.165, 1.54) is 27.2 Å². The quantitative estimate of drug-likeness (QED) is 0.740. The summed E-state index contributed by atoms with van der Waals surface area (Å²) in [5, 5.41) is 0. The molecule has 6 nitrogen and oxygen atoms in total. The molecule has 2 aromatic rings. The second-order valence-electron chi connectivity index (χ2n) is 6.60. The van der Waals surface area contributed by atoms with Gasteiger partial charge in [-0.25, -0.2) is 4.39 Å². The number of piperazine rings is 1. The summed E-state index contributed by atoms with van der Waals surface area (Å²) in [7, 11) is 3.07. The highest BCUT2D eigenvalue weighted by atomic mass is 19.1. The molecule has 1 amide bonds. The summed E-state index contributed by atoms with van der Waals surface area (Å²) in [5.74, 6) is 0.381. The Morgan fingerprint density at radius 2 is 1.50 bits per heavy atom. The number of methoxy groups -OCH3 is 2. The van der Waals surface area contributed by atoms with Crippen LogP contribution in [0.2, 0.25) is 0 Å². The average Bonchev–Trinajstić information content (AvgIpc) is 2.72. The van der Waals surface area contributed by atoms with Crippen LogP contribution < -0.4 is 14.4 Å². The van der Waals surface area contributed by atoms with Gasteiger partial charge in [-0.3, -0.25) is 9.59 Å². The number of ether oxygens (including phenoxy) is 2. The van der Waals surface area contributed by atoms with E-state index >= 15 is 0 Å². The van der Waals surface area contributed by atoms with Gasteiger partial charge in [-0.1, -0.05) is 0 Å². The summed E-state index contributed by atoms with van der Waals surface area (Å²) in [4.78, 5) is 27.9. The van der Waals surface area contributed by atoms with Crippen molar-refractivity contribution < 1.29 is 23.5 Å². The van der Waals surface area contributed by atoms with Crippen LogP contribution in [0.3, 0.4) is 0 Å². The van der Waals surface area contributed by atoms with Crippen LogP contribution in [-0.2, 0) is 0 Å². The minimum Gasteiger partial charge on any atom is -0.497 e. The molecule has 7 heteroatoms. The van der Waals surface area contributed by atoms with Gasteiger partial charge in [-0.05, 0) is 37.3 Å². The summed E-state index contributed by atoms with van der Waals surface area (Å²) < 4.78 is 24.8. The van der Waals surface area contributed by atoms with Crippen molar-refractivity contribution in [1.82, 2.24) is 4.90 Å². The largest absolute Gasteiger partial charge is 0.497 e. The van der Waals surface area contributed by atoms with Crippen molar-refractivity contribution in [3.8, 4) is 11.5 Å². The van der Waals surface area contributed by atoms with E-state index in [2.05, 4.69) is 0 Å². The number of amides is 1. The lowest BCUT2D eigenvalue weighted by molar-refractivity contribution is 0.0745. The molecule has 0 aliphatic carbocycles. The van der Waals surface area contributed by atoms with Crippen LogP contribution in [-0.4, -0.2) is 57.0 Å². The van der Waals surface area contributed by atoms with Crippen LogP contribution in [0.5, 0.6) is 11.5 Å². The maximum Gasteiger partial charge on any atom is 0.254 e. The van der Waals surface area contributed by atoms with Gasteiger partial charge in [0, 0.05) is 43.4 Å². The SMILES string of the molecule is COc1cc(OC)cc(C(=O)N2CCN(c3ccc(C(C)=O)cc3F)CC2)c1. The molecule has 0 atom stereocenters. The van der Waals surface area contributed by atoms with Gasteiger partial charge in [0.2, 0.25) is 0 Å². The third-order valence-corrected chi connectivity index (χ3v) is 4.86. The van der Waals surface area contributed by atoms with Crippen LogP contribution in [0.4, 0.5) is 10.1 Å². The molecule has 0 bridgehead atoms. The van der Waals surface area contributed by atoms with Crippen LogP contribution >= 0.6 is 0 Å². The molecule has 1 heterocycles. The van der Waals surface area contributed by atoms with Gasteiger partial charge in [-0.15, -0.1) is 0 Å². The third kappa shape index (κ3) is 4.08. The number of hydrogen-bond donors (Lipinski definition) is 0. The van der Waals surface area contributed by atoms with Crippen molar-refractivity contribution in [3.63, 3.8) is 0 Å². The van der Waals surface area contributed by atoms with Gasteiger partial charge in [0.05, 0.1) is 19.9 Å². The number of benzene rings is 2. The molecule has 0 aromatic heterocycles. The Kier molecular flexibility index (Phi) is 5.82. The zero-order chi connectivity index (χ0) is 20.3. The average molecular weight is 386 g/mol. The number of carbonyl (C=O) groups is 2. The summed E-state index contributed by atoms with van der Waals surface area (Å²) in [5.41, 5.74) is 1.28. The molecule has 0 unspecified atom stereocenters. The zero-order valence-electron chi connectivity index (χ0n) is 16.2. The molecule has 1 aliphatic heterocycles. The number of rotatable bonds is 5. The Balaban J connectivity index is 1.70. The molecular weight excluding hydrogens is 363 g/mol. The molecule has 0 saturated carbocycles. The Hall–Kier alpha value is -3.09. The van der Waals surface area contributed by atoms with E-state index in [1.54, 1.807) is 35.2 Å². The van der Waals surface area contributed by atoms with Gasteiger partial charge < -0.3 is 19.3 Å². The van der Waals surface area contributed by atoms with Crippen LogP contribution in [0.15, 0.2) is 36.4 Å². The summed E-state index contributed by atoms with van der Waals surface area (Å²) >= 11 is 0. The Morgan fingerprint density at radius 3 is 2.00 bits per heavy atom. The van der Waals surface area contributed by atoms with Gasteiger partial charge in [-0.2, -0.15) is 0 Å². The highest BCUT2D eigenvalue weighted by molar-refractivity contribution is 5.95. The van der Waals surface area contributed by atoms with Crippen molar-refractivity contribution in [1.29, 1.82) is 0 Å². The molecule has 0 N–H and O–H groups in total. The van der Waals surface area contributed by atoms with E-state index in [0.717, 1.165) is 0 Å². The molecule has 3 rings (SSSR count). The molecule has 148 valence electrons. The van der Waals surface area contributed by atoms with Crippen LogP contribution in [0, 0.1) is 5.82 Å². The minimum atomic E-state index is -0.426. The molecular formula is C21H23FN2O4. The topological polar surface area (TPSA) is 59.1 Å². The van der Waals surface area contributed by atoms with E-state index in [4.69, 9.17) is 9.47 Å². The van der Waals surface area contributed by atoms with Crippen molar-refractivity contribution in [2.24, 2.45) is 0 Å². The summed E-state index contributed by atoms with van der Waals surface area (Å²) in [6.45, 7) is 3.34. The molecule has 28 heavy (non-hydrogen) atoms. The first-order valence-corrected chi connectivity index (χ1v) is 9.00. The standard InChI is InChI=1S/C21H23FN2O4/c1-14(25)15-4-5-20(19(22)12-15)23-6-8-24(9-7-23)21(26)16-10-17(27-2)13-18(11-16)28-3/h4-5,10-13H,6-9H2,1-3H3. The molecule has 2 aromatic carbocycles. The number of ketones is 1. The number of anilines is 1. The Bertz CT molecular complexity index is 870. The fourth-order valence-corrected chi connectivity index (χ4v) is 3.25. The number of nitrogens with zero attached hydrogens (tertiary/aromatic N) is 2.